The van der Waals surface area contributed by atoms with Crippen molar-refractivity contribution >= 4 is 59.6 Å². The molecule has 23 heavy (non-hydrogen) atoms. The van der Waals surface area contributed by atoms with Crippen LogP contribution in [0.1, 0.15) is 15.9 Å². The molecule has 0 aliphatic rings. The highest BCUT2D eigenvalue weighted by atomic mass is 79.9. The number of carbonyl (C=O) groups excluding carboxylic acids is 2. The number of amides is 2. The minimum Gasteiger partial charge on any atom is -0.368 e. The van der Waals surface area contributed by atoms with E-state index in [1.165, 1.54) is 0 Å². The molecule has 0 heterocycles. The Morgan fingerprint density at radius 2 is 1.52 bits per heavy atom. The Morgan fingerprint density at radius 1 is 0.957 bits per heavy atom. The van der Waals surface area contributed by atoms with Crippen molar-refractivity contribution in [2.24, 2.45) is 5.73 Å². The van der Waals surface area contributed by atoms with E-state index in [1.54, 1.807) is 12.1 Å². The third kappa shape index (κ3) is 5.44. The van der Waals surface area contributed by atoms with Crippen LogP contribution in [0.2, 0.25) is 0 Å². The Kier molecular flexibility index (Phi) is 6.38. The van der Waals surface area contributed by atoms with Gasteiger partial charge in [-0.25, -0.2) is 0 Å². The first kappa shape index (κ1) is 18.2. The first-order valence-corrected chi connectivity index (χ1v) is 9.04. The third-order valence-corrected chi connectivity index (χ3v) is 4.57. The number of hydrogen-bond donors (Lipinski definition) is 2. The van der Waals surface area contributed by atoms with Crippen molar-refractivity contribution in [1.82, 2.24) is 5.32 Å². The van der Waals surface area contributed by atoms with Gasteiger partial charge in [0.15, 0.2) is 0 Å². The molecule has 1 atom stereocenters. The van der Waals surface area contributed by atoms with E-state index in [0.29, 0.717) is 12.0 Å². The van der Waals surface area contributed by atoms with Gasteiger partial charge in [-0.3, -0.25) is 9.59 Å². The van der Waals surface area contributed by atoms with E-state index in [9.17, 15) is 9.59 Å². The molecule has 0 saturated heterocycles. The fourth-order valence-corrected chi connectivity index (χ4v) is 3.56. The molecule has 3 N–H and O–H groups in total. The number of halogens is 3. The molecule has 2 amide bonds. The highest BCUT2D eigenvalue weighted by Crippen LogP contribution is 2.20. The normalized spacial score (nSPS) is 11.8. The van der Waals surface area contributed by atoms with Crippen LogP contribution in [-0.4, -0.2) is 17.9 Å². The maximum atomic E-state index is 12.3. The zero-order valence-electron chi connectivity index (χ0n) is 11.9. The minimum absolute atomic E-state index is 0.337. The van der Waals surface area contributed by atoms with Crippen LogP contribution in [0, 0.1) is 0 Å². The van der Waals surface area contributed by atoms with E-state index >= 15 is 0 Å². The maximum absolute atomic E-state index is 12.3. The van der Waals surface area contributed by atoms with Crippen molar-refractivity contribution in [2.75, 3.05) is 0 Å². The van der Waals surface area contributed by atoms with Gasteiger partial charge in [0.1, 0.15) is 6.04 Å². The van der Waals surface area contributed by atoms with Crippen LogP contribution in [0.5, 0.6) is 0 Å². The molecule has 0 spiro atoms. The van der Waals surface area contributed by atoms with Gasteiger partial charge in [-0.05, 0) is 35.9 Å². The number of nitrogens with one attached hydrogen (secondary N) is 1. The van der Waals surface area contributed by atoms with Gasteiger partial charge < -0.3 is 11.1 Å². The van der Waals surface area contributed by atoms with Crippen LogP contribution in [0.25, 0.3) is 0 Å². The molecule has 2 rings (SSSR count). The summed E-state index contributed by atoms with van der Waals surface area (Å²) in [6.45, 7) is 0. The number of hydrogen-bond acceptors (Lipinski definition) is 2. The van der Waals surface area contributed by atoms with Crippen molar-refractivity contribution in [3.05, 3.63) is 67.0 Å². The minimum atomic E-state index is -0.776. The number of carbonyl (C=O) groups is 2. The van der Waals surface area contributed by atoms with Crippen molar-refractivity contribution < 1.29 is 9.59 Å². The van der Waals surface area contributed by atoms with Gasteiger partial charge in [-0.15, -0.1) is 0 Å². The number of rotatable bonds is 5. The van der Waals surface area contributed by atoms with Crippen molar-refractivity contribution in [3.8, 4) is 0 Å². The molecule has 0 radical (unpaired) electrons. The summed E-state index contributed by atoms with van der Waals surface area (Å²) in [5, 5.41) is 2.68. The lowest BCUT2D eigenvalue weighted by Crippen LogP contribution is -2.45. The fourth-order valence-electron chi connectivity index (χ4n) is 2.01. The Morgan fingerprint density at radius 3 is 2.04 bits per heavy atom. The summed E-state index contributed by atoms with van der Waals surface area (Å²) in [6.07, 6.45) is 0.337. The molecule has 0 aliphatic carbocycles. The van der Waals surface area contributed by atoms with Gasteiger partial charge >= 0.3 is 0 Å². The standard InChI is InChI=1S/C16H13Br3N2O2/c17-11-3-1-9(2-4-11)5-14(15(20)22)21-16(23)10-6-12(18)8-13(19)7-10/h1-4,6-8,14H,5H2,(H2,20,22)(H,21,23)/t14-/m0/s1. The zero-order chi connectivity index (χ0) is 17.0. The lowest BCUT2D eigenvalue weighted by molar-refractivity contribution is -0.119. The predicted octanol–water partition coefficient (Wildman–Crippen LogP) is 3.80. The van der Waals surface area contributed by atoms with Gasteiger partial charge in [-0.2, -0.15) is 0 Å². The molecule has 0 aliphatic heterocycles. The highest BCUT2D eigenvalue weighted by molar-refractivity contribution is 9.11. The average molecular weight is 505 g/mol. The van der Waals surface area contributed by atoms with Gasteiger partial charge in [0.05, 0.1) is 0 Å². The molecule has 2 aromatic rings. The van der Waals surface area contributed by atoms with E-state index in [0.717, 1.165) is 19.0 Å². The summed E-state index contributed by atoms with van der Waals surface area (Å²) >= 11 is 10.0. The Bertz CT molecular complexity index is 712. The quantitative estimate of drug-likeness (QED) is 0.650. The molecule has 7 heteroatoms. The first-order chi connectivity index (χ1) is 10.8. The summed E-state index contributed by atoms with van der Waals surface area (Å²) in [5.41, 5.74) is 6.77. The Labute approximate surface area is 159 Å². The maximum Gasteiger partial charge on any atom is 0.252 e. The summed E-state index contributed by atoms with van der Waals surface area (Å²) in [5.74, 6) is -0.928. The zero-order valence-corrected chi connectivity index (χ0v) is 16.6. The molecular formula is C16H13Br3N2O2. The topological polar surface area (TPSA) is 72.2 Å². The second-order valence-corrected chi connectivity index (χ2v) is 7.66. The number of benzene rings is 2. The van der Waals surface area contributed by atoms with Crippen LogP contribution in [0.3, 0.4) is 0 Å². The fraction of sp³-hybridized carbons (Fsp3) is 0.125. The lowest BCUT2D eigenvalue weighted by atomic mass is 10.0. The average Bonchev–Trinajstić information content (AvgIpc) is 2.47. The van der Waals surface area contributed by atoms with Crippen LogP contribution < -0.4 is 11.1 Å². The largest absolute Gasteiger partial charge is 0.368 e. The smallest absolute Gasteiger partial charge is 0.252 e. The van der Waals surface area contributed by atoms with Gasteiger partial charge in [0.2, 0.25) is 5.91 Å². The number of nitrogens with two attached hydrogens (primary N) is 1. The van der Waals surface area contributed by atoms with Crippen molar-refractivity contribution in [3.63, 3.8) is 0 Å². The van der Waals surface area contributed by atoms with Gasteiger partial charge in [0, 0.05) is 25.4 Å². The Balaban J connectivity index is 2.14. The van der Waals surface area contributed by atoms with Crippen LogP contribution in [0.15, 0.2) is 55.9 Å². The summed E-state index contributed by atoms with van der Waals surface area (Å²) in [7, 11) is 0. The molecule has 2 aromatic carbocycles. The molecule has 0 saturated carbocycles. The van der Waals surface area contributed by atoms with Crippen LogP contribution in [0.4, 0.5) is 0 Å². The van der Waals surface area contributed by atoms with Crippen LogP contribution in [-0.2, 0) is 11.2 Å². The van der Waals surface area contributed by atoms with Gasteiger partial charge in [0.25, 0.3) is 5.91 Å². The highest BCUT2D eigenvalue weighted by Gasteiger charge is 2.20. The van der Waals surface area contributed by atoms with Crippen LogP contribution >= 0.6 is 47.8 Å². The van der Waals surface area contributed by atoms with E-state index in [4.69, 9.17) is 5.73 Å². The molecule has 0 unspecified atom stereocenters. The van der Waals surface area contributed by atoms with E-state index in [2.05, 4.69) is 53.1 Å². The molecule has 0 fully saturated rings. The summed E-state index contributed by atoms with van der Waals surface area (Å²) < 4.78 is 2.47. The van der Waals surface area contributed by atoms with E-state index < -0.39 is 11.9 Å². The molecule has 120 valence electrons. The summed E-state index contributed by atoms with van der Waals surface area (Å²) in [6, 6.07) is 11.9. The molecule has 0 aromatic heterocycles. The third-order valence-electron chi connectivity index (χ3n) is 3.13. The molecule has 4 nitrogen and oxygen atoms in total. The van der Waals surface area contributed by atoms with Crippen molar-refractivity contribution in [1.29, 1.82) is 0 Å². The van der Waals surface area contributed by atoms with E-state index in [-0.39, 0.29) is 5.91 Å². The van der Waals surface area contributed by atoms with E-state index in [1.807, 2.05) is 30.3 Å². The number of primary amides is 1. The SMILES string of the molecule is NC(=O)[C@H](Cc1ccc(Br)cc1)NC(=O)c1cc(Br)cc(Br)c1. The second kappa shape index (κ2) is 8.08. The lowest BCUT2D eigenvalue weighted by Gasteiger charge is -2.16. The predicted molar refractivity (Wildman–Crippen MR) is 100 cm³/mol. The van der Waals surface area contributed by atoms with Crippen molar-refractivity contribution in [2.45, 2.75) is 12.5 Å². The summed E-state index contributed by atoms with van der Waals surface area (Å²) in [4.78, 5) is 24.0. The van der Waals surface area contributed by atoms with Gasteiger partial charge in [-0.1, -0.05) is 59.9 Å². The molecule has 0 bridgehead atoms. The second-order valence-electron chi connectivity index (χ2n) is 4.92. The monoisotopic (exact) mass is 502 g/mol. The first-order valence-electron chi connectivity index (χ1n) is 6.66. The Hall–Kier alpha value is -1.18. The molecular weight excluding hydrogens is 492 g/mol.